The van der Waals surface area contributed by atoms with Crippen molar-refractivity contribution in [1.29, 1.82) is 0 Å². The number of carbonyl (C=O) groups excluding carboxylic acids is 1. The highest BCUT2D eigenvalue weighted by Gasteiger charge is 2.28. The molecule has 1 saturated heterocycles. The summed E-state index contributed by atoms with van der Waals surface area (Å²) in [7, 11) is -1.50. The number of thiazole rings is 1. The van der Waals surface area contributed by atoms with Crippen LogP contribution in [0, 0.1) is 5.82 Å². The number of halogens is 1. The van der Waals surface area contributed by atoms with Gasteiger partial charge in [-0.05, 0) is 24.1 Å². The molecule has 0 spiro atoms. The average molecular weight is 436 g/mol. The molecule has 0 saturated carbocycles. The summed E-state index contributed by atoms with van der Waals surface area (Å²) in [6.45, 7) is 3.14. The van der Waals surface area contributed by atoms with Crippen molar-refractivity contribution >= 4 is 36.3 Å². The topological polar surface area (TPSA) is 79.7 Å². The highest BCUT2D eigenvalue weighted by molar-refractivity contribution is 7.21. The molecule has 2 unspecified atom stereocenters. The van der Waals surface area contributed by atoms with Gasteiger partial charge in [-0.25, -0.2) is 14.2 Å². The van der Waals surface area contributed by atoms with E-state index in [9.17, 15) is 9.18 Å². The number of fused-ring (bicyclic) bond motifs is 1. The van der Waals surface area contributed by atoms with Crippen LogP contribution in [-0.2, 0) is 15.8 Å². The molecule has 1 aliphatic rings. The molecule has 2 heterocycles. The molecule has 9 heteroatoms. The highest BCUT2D eigenvalue weighted by atomic mass is 32.1. The minimum absolute atomic E-state index is 0.232. The van der Waals surface area contributed by atoms with E-state index in [2.05, 4.69) is 11.9 Å². The summed E-state index contributed by atoms with van der Waals surface area (Å²) in [5.74, 6) is -0.274. The van der Waals surface area contributed by atoms with Gasteiger partial charge in [0, 0.05) is 30.6 Å². The lowest BCUT2D eigenvalue weighted by Crippen LogP contribution is -2.44. The van der Waals surface area contributed by atoms with Crippen LogP contribution in [-0.4, -0.2) is 33.5 Å². The first-order chi connectivity index (χ1) is 14.0. The fourth-order valence-electron chi connectivity index (χ4n) is 3.26. The highest BCUT2D eigenvalue weighted by Crippen LogP contribution is 2.31. The van der Waals surface area contributed by atoms with Crippen LogP contribution in [0.15, 0.2) is 42.5 Å². The molecule has 2 atom stereocenters. The quantitative estimate of drug-likeness (QED) is 0.590. The normalized spacial score (nSPS) is 16.7. The number of carbonyl (C=O) groups is 1. The number of ether oxygens (including phenoxy) is 1. The van der Waals surface area contributed by atoms with Crippen molar-refractivity contribution in [1.82, 2.24) is 9.88 Å². The first-order valence-electron chi connectivity index (χ1n) is 9.22. The summed E-state index contributed by atoms with van der Waals surface area (Å²) >= 11 is 1.54. The summed E-state index contributed by atoms with van der Waals surface area (Å²) in [5.41, 5.74) is 2.72. The molecule has 6 nitrogen and oxygen atoms in total. The number of aromatic nitrogens is 1. The van der Waals surface area contributed by atoms with Crippen LogP contribution in [0.4, 0.5) is 9.18 Å². The van der Waals surface area contributed by atoms with Gasteiger partial charge in [-0.2, -0.15) is 0 Å². The second-order valence-corrected chi connectivity index (χ2v) is 7.77. The predicted molar refractivity (Wildman–Crippen MR) is 113 cm³/mol. The number of amides is 1. The fraction of sp³-hybridized carbons (Fsp3) is 0.300. The summed E-state index contributed by atoms with van der Waals surface area (Å²) < 4.78 is 28.1. The molecule has 0 bridgehead atoms. The lowest BCUT2D eigenvalue weighted by atomic mass is 10.1. The maximum absolute atomic E-state index is 13.3. The summed E-state index contributed by atoms with van der Waals surface area (Å²) in [6.07, 6.45) is 1.57. The van der Waals surface area contributed by atoms with E-state index in [0.717, 1.165) is 33.7 Å². The lowest BCUT2D eigenvalue weighted by Gasteiger charge is -2.34. The average Bonchev–Trinajstić information content (AvgIpc) is 3.14. The lowest BCUT2D eigenvalue weighted by molar-refractivity contribution is 0.0394. The zero-order valence-electron chi connectivity index (χ0n) is 15.9. The van der Waals surface area contributed by atoms with Crippen molar-refractivity contribution in [3.05, 3.63) is 53.8 Å². The Morgan fingerprint density at radius 3 is 2.72 bits per heavy atom. The van der Waals surface area contributed by atoms with Crippen molar-refractivity contribution in [3.63, 3.8) is 0 Å². The van der Waals surface area contributed by atoms with Crippen LogP contribution in [0.5, 0.6) is 0 Å². The van der Waals surface area contributed by atoms with Crippen molar-refractivity contribution in [2.45, 2.75) is 32.4 Å². The molecule has 1 aromatic heterocycles. The van der Waals surface area contributed by atoms with E-state index >= 15 is 0 Å². The van der Waals surface area contributed by atoms with Crippen LogP contribution in [0.25, 0.3) is 20.8 Å². The van der Waals surface area contributed by atoms with Gasteiger partial charge < -0.3 is 14.5 Å². The van der Waals surface area contributed by atoms with Crippen molar-refractivity contribution in [3.8, 4) is 10.6 Å². The summed E-state index contributed by atoms with van der Waals surface area (Å²) in [5, 5.41) is 0.862. The minimum Gasteiger partial charge on any atom is -0.449 e. The second kappa shape index (κ2) is 9.96. The molecular formula is C20H22FN2O4PS. The summed E-state index contributed by atoms with van der Waals surface area (Å²) in [4.78, 5) is 25.5. The Labute approximate surface area is 173 Å². The van der Waals surface area contributed by atoms with Crippen LogP contribution in [0.2, 0.25) is 0 Å². The number of rotatable bonds is 4. The van der Waals surface area contributed by atoms with Gasteiger partial charge in [0.2, 0.25) is 0 Å². The van der Waals surface area contributed by atoms with Crippen molar-refractivity contribution < 1.29 is 23.4 Å². The fourth-order valence-corrected chi connectivity index (χ4v) is 4.21. The third-order valence-corrected chi connectivity index (χ3v) is 5.81. The third kappa shape index (κ3) is 5.21. The maximum atomic E-state index is 13.3. The predicted octanol–water partition coefficient (Wildman–Crippen LogP) is 4.87. The third-order valence-electron chi connectivity index (χ3n) is 4.73. The zero-order chi connectivity index (χ0) is 20.8. The Morgan fingerprint density at radius 2 is 2.03 bits per heavy atom. The van der Waals surface area contributed by atoms with Crippen LogP contribution in [0.1, 0.15) is 25.3 Å². The molecule has 1 aliphatic heterocycles. The first kappa shape index (κ1) is 21.4. The van der Waals surface area contributed by atoms with Crippen LogP contribution in [0.3, 0.4) is 0 Å². The van der Waals surface area contributed by atoms with Gasteiger partial charge in [0.1, 0.15) is 10.8 Å². The van der Waals surface area contributed by atoms with E-state index in [1.165, 1.54) is 12.1 Å². The van der Waals surface area contributed by atoms with Gasteiger partial charge in [-0.15, -0.1) is 11.3 Å². The second-order valence-electron chi connectivity index (χ2n) is 6.53. The SMILES string of the molecule is CCC1CCOC(=O)N1Cc1ccc(-c2nc3cc(F)ccc3s2)cc1.O=[PH2]O. The molecular weight excluding hydrogens is 414 g/mol. The standard InChI is InChI=1S/C20H19FN2O2S.H3O2P/c1-2-16-9-10-25-20(24)23(16)12-13-3-5-14(6-4-13)19-22-17-11-15(21)7-8-18(17)26-19;1-3-2/h3-8,11,16H,2,9-10,12H2,1H3;3H2,(H,1,2). The molecule has 3 aromatic rings. The Kier molecular flexibility index (Phi) is 7.36. The van der Waals surface area contributed by atoms with E-state index in [1.54, 1.807) is 22.3 Å². The molecule has 2 aromatic carbocycles. The monoisotopic (exact) mass is 436 g/mol. The van der Waals surface area contributed by atoms with Crippen LogP contribution >= 0.6 is 20.0 Å². The number of benzene rings is 2. The van der Waals surface area contributed by atoms with E-state index in [-0.39, 0.29) is 18.0 Å². The smallest absolute Gasteiger partial charge is 0.410 e. The number of cyclic esters (lactones) is 1. The minimum atomic E-state index is -1.50. The van der Waals surface area contributed by atoms with Gasteiger partial charge in [-0.3, -0.25) is 4.57 Å². The molecule has 1 amide bonds. The van der Waals surface area contributed by atoms with E-state index < -0.39 is 8.69 Å². The molecule has 0 radical (unpaired) electrons. The van der Waals surface area contributed by atoms with Gasteiger partial charge in [-0.1, -0.05) is 31.2 Å². The number of hydrogen-bond acceptors (Lipinski definition) is 5. The van der Waals surface area contributed by atoms with Crippen molar-refractivity contribution in [2.75, 3.05) is 6.61 Å². The Morgan fingerprint density at radius 1 is 1.31 bits per heavy atom. The van der Waals surface area contributed by atoms with Crippen molar-refractivity contribution in [2.24, 2.45) is 0 Å². The molecule has 1 N–H and O–H groups in total. The summed E-state index contributed by atoms with van der Waals surface area (Å²) in [6, 6.07) is 12.9. The Hall–Kier alpha value is -2.28. The van der Waals surface area contributed by atoms with E-state index in [1.807, 2.05) is 24.3 Å². The zero-order valence-corrected chi connectivity index (χ0v) is 17.8. The van der Waals surface area contributed by atoms with Gasteiger partial charge in [0.15, 0.2) is 8.69 Å². The molecule has 29 heavy (non-hydrogen) atoms. The molecule has 4 rings (SSSR count). The van der Waals surface area contributed by atoms with Gasteiger partial charge in [0.25, 0.3) is 0 Å². The molecule has 154 valence electrons. The van der Waals surface area contributed by atoms with Gasteiger partial charge in [0.05, 0.1) is 16.8 Å². The van der Waals surface area contributed by atoms with E-state index in [4.69, 9.17) is 14.2 Å². The number of hydrogen-bond donors (Lipinski definition) is 1. The molecule has 0 aliphatic carbocycles. The maximum Gasteiger partial charge on any atom is 0.410 e. The van der Waals surface area contributed by atoms with Gasteiger partial charge >= 0.3 is 6.09 Å². The Bertz CT molecular complexity index is 996. The van der Waals surface area contributed by atoms with E-state index in [0.29, 0.717) is 18.7 Å². The Balaban J connectivity index is 0.000000755. The molecule has 1 fully saturated rings. The van der Waals surface area contributed by atoms with Crippen LogP contribution < -0.4 is 0 Å². The first-order valence-corrected chi connectivity index (χ1v) is 11.0. The number of nitrogens with zero attached hydrogens (tertiary/aromatic N) is 2. The largest absolute Gasteiger partial charge is 0.449 e.